The Bertz CT molecular complexity index is 722. The second-order valence-corrected chi connectivity index (χ2v) is 5.31. The fourth-order valence-electron chi connectivity index (χ4n) is 1.90. The summed E-state index contributed by atoms with van der Waals surface area (Å²) >= 11 is 0. The molecule has 5 nitrogen and oxygen atoms in total. The van der Waals surface area contributed by atoms with Gasteiger partial charge in [0, 0.05) is 0 Å². The average Bonchev–Trinajstić information content (AvgIpc) is 2.54. The summed E-state index contributed by atoms with van der Waals surface area (Å²) < 4.78 is 5.44. The maximum absolute atomic E-state index is 11.8. The largest absolute Gasteiger partial charge is 0.508 e. The minimum Gasteiger partial charge on any atom is -0.508 e. The van der Waals surface area contributed by atoms with Crippen LogP contribution in [-0.4, -0.2) is 23.3 Å². The number of benzene rings is 2. The van der Waals surface area contributed by atoms with Crippen molar-refractivity contribution >= 4 is 11.6 Å². The van der Waals surface area contributed by atoms with E-state index in [9.17, 15) is 9.90 Å². The van der Waals surface area contributed by atoms with E-state index < -0.39 is 0 Å². The summed E-state index contributed by atoms with van der Waals surface area (Å²) in [5.41, 5.74) is 6.21. The summed E-state index contributed by atoms with van der Waals surface area (Å²) in [6.07, 6.45) is 0. The van der Waals surface area contributed by atoms with Crippen LogP contribution in [0.15, 0.2) is 47.6 Å². The molecule has 0 aromatic heterocycles. The first kappa shape index (κ1) is 16.5. The van der Waals surface area contributed by atoms with Gasteiger partial charge in [-0.25, -0.2) is 5.43 Å². The van der Waals surface area contributed by atoms with Gasteiger partial charge in [-0.2, -0.15) is 5.10 Å². The molecule has 0 aliphatic heterocycles. The Morgan fingerprint density at radius 2 is 1.83 bits per heavy atom. The number of rotatable bonds is 5. The first-order valence-corrected chi connectivity index (χ1v) is 7.28. The Kier molecular flexibility index (Phi) is 5.36. The Balaban J connectivity index is 1.88. The van der Waals surface area contributed by atoms with Gasteiger partial charge in [0.2, 0.25) is 0 Å². The van der Waals surface area contributed by atoms with Crippen LogP contribution in [0.4, 0.5) is 0 Å². The zero-order valence-corrected chi connectivity index (χ0v) is 13.5. The summed E-state index contributed by atoms with van der Waals surface area (Å²) in [5.74, 6) is 0.510. The van der Waals surface area contributed by atoms with Crippen molar-refractivity contribution < 1.29 is 14.6 Å². The number of hydrogen-bond acceptors (Lipinski definition) is 4. The molecule has 5 heteroatoms. The number of hydrazone groups is 1. The van der Waals surface area contributed by atoms with E-state index in [-0.39, 0.29) is 18.3 Å². The van der Waals surface area contributed by atoms with Gasteiger partial charge in [-0.15, -0.1) is 0 Å². The summed E-state index contributed by atoms with van der Waals surface area (Å²) in [7, 11) is 0. The van der Waals surface area contributed by atoms with Crippen LogP contribution in [0.5, 0.6) is 11.5 Å². The molecule has 0 spiro atoms. The van der Waals surface area contributed by atoms with Crippen molar-refractivity contribution in [2.24, 2.45) is 5.10 Å². The molecule has 0 saturated heterocycles. The van der Waals surface area contributed by atoms with Crippen LogP contribution in [0.25, 0.3) is 0 Å². The molecule has 0 heterocycles. The highest BCUT2D eigenvalue weighted by Gasteiger charge is 2.04. The van der Waals surface area contributed by atoms with E-state index in [1.54, 1.807) is 31.2 Å². The van der Waals surface area contributed by atoms with E-state index >= 15 is 0 Å². The third kappa shape index (κ3) is 4.85. The first-order valence-electron chi connectivity index (χ1n) is 7.28. The van der Waals surface area contributed by atoms with Crippen LogP contribution >= 0.6 is 0 Å². The summed E-state index contributed by atoms with van der Waals surface area (Å²) in [5, 5.41) is 13.3. The van der Waals surface area contributed by atoms with Crippen LogP contribution in [0.3, 0.4) is 0 Å². The monoisotopic (exact) mass is 312 g/mol. The van der Waals surface area contributed by atoms with Gasteiger partial charge in [0.1, 0.15) is 11.5 Å². The van der Waals surface area contributed by atoms with Gasteiger partial charge in [0.15, 0.2) is 6.61 Å². The van der Waals surface area contributed by atoms with E-state index in [4.69, 9.17) is 4.74 Å². The Morgan fingerprint density at radius 1 is 1.13 bits per heavy atom. The highest BCUT2D eigenvalue weighted by Crippen LogP contribution is 2.16. The lowest BCUT2D eigenvalue weighted by molar-refractivity contribution is -0.123. The maximum atomic E-state index is 11.8. The third-order valence-electron chi connectivity index (χ3n) is 3.48. The number of aryl methyl sites for hydroxylation is 2. The van der Waals surface area contributed by atoms with Crippen LogP contribution in [0.1, 0.15) is 23.6 Å². The summed E-state index contributed by atoms with van der Waals surface area (Å²) in [6.45, 7) is 5.69. The van der Waals surface area contributed by atoms with Crippen molar-refractivity contribution in [3.05, 3.63) is 59.2 Å². The minimum atomic E-state index is -0.332. The average molecular weight is 312 g/mol. The van der Waals surface area contributed by atoms with E-state index in [2.05, 4.69) is 10.5 Å². The molecule has 0 aliphatic carbocycles. The molecular weight excluding hydrogens is 292 g/mol. The molecule has 0 fully saturated rings. The normalized spacial score (nSPS) is 11.2. The SMILES string of the molecule is C/C(=N\NC(=O)COc1ccc(C)c(C)c1)c1ccc(O)cc1. The number of ether oxygens (including phenoxy) is 1. The number of amides is 1. The maximum Gasteiger partial charge on any atom is 0.277 e. The fraction of sp³-hybridized carbons (Fsp3) is 0.222. The number of nitrogens with one attached hydrogen (secondary N) is 1. The molecule has 0 bridgehead atoms. The molecule has 2 aromatic rings. The zero-order valence-electron chi connectivity index (χ0n) is 13.5. The standard InChI is InChI=1S/C18H20N2O3/c1-12-4-9-17(10-13(12)2)23-11-18(22)20-19-14(3)15-5-7-16(21)8-6-15/h4-10,21H,11H2,1-3H3,(H,20,22)/b19-14+. The topological polar surface area (TPSA) is 70.9 Å². The lowest BCUT2D eigenvalue weighted by Crippen LogP contribution is -2.25. The number of hydrogen-bond donors (Lipinski definition) is 2. The predicted octanol–water partition coefficient (Wildman–Crippen LogP) is 2.93. The molecule has 2 N–H and O–H groups in total. The van der Waals surface area contributed by atoms with Gasteiger partial charge in [-0.05, 0) is 73.9 Å². The molecule has 0 aliphatic rings. The molecule has 0 atom stereocenters. The quantitative estimate of drug-likeness (QED) is 0.659. The molecule has 0 radical (unpaired) electrons. The molecule has 0 saturated carbocycles. The Morgan fingerprint density at radius 3 is 2.48 bits per heavy atom. The van der Waals surface area contributed by atoms with Gasteiger partial charge in [0.25, 0.3) is 5.91 Å². The van der Waals surface area contributed by atoms with Gasteiger partial charge in [-0.3, -0.25) is 4.79 Å². The van der Waals surface area contributed by atoms with E-state index in [0.29, 0.717) is 11.5 Å². The zero-order chi connectivity index (χ0) is 16.8. The number of carbonyl (C=O) groups excluding carboxylic acids is 1. The van der Waals surface area contributed by atoms with Crippen LogP contribution < -0.4 is 10.2 Å². The van der Waals surface area contributed by atoms with Gasteiger partial charge in [0.05, 0.1) is 5.71 Å². The van der Waals surface area contributed by atoms with E-state index in [0.717, 1.165) is 11.1 Å². The van der Waals surface area contributed by atoms with Gasteiger partial charge >= 0.3 is 0 Å². The third-order valence-corrected chi connectivity index (χ3v) is 3.48. The number of aromatic hydroxyl groups is 1. The minimum absolute atomic E-state index is 0.102. The number of carbonyl (C=O) groups is 1. The lowest BCUT2D eigenvalue weighted by atomic mass is 10.1. The molecule has 23 heavy (non-hydrogen) atoms. The smallest absolute Gasteiger partial charge is 0.277 e. The second kappa shape index (κ2) is 7.45. The Labute approximate surface area is 135 Å². The number of phenols is 1. The lowest BCUT2D eigenvalue weighted by Gasteiger charge is -2.08. The molecule has 2 aromatic carbocycles. The van der Waals surface area contributed by atoms with Gasteiger partial charge in [-0.1, -0.05) is 6.07 Å². The Hall–Kier alpha value is -2.82. The molecule has 2 rings (SSSR count). The number of phenolic OH excluding ortho intramolecular Hbond substituents is 1. The van der Waals surface area contributed by atoms with Crippen molar-refractivity contribution in [3.63, 3.8) is 0 Å². The molecule has 1 amide bonds. The van der Waals surface area contributed by atoms with Crippen LogP contribution in [0, 0.1) is 13.8 Å². The number of nitrogens with zero attached hydrogens (tertiary/aromatic N) is 1. The van der Waals surface area contributed by atoms with Crippen molar-refractivity contribution in [3.8, 4) is 11.5 Å². The van der Waals surface area contributed by atoms with Crippen LogP contribution in [-0.2, 0) is 4.79 Å². The first-order chi connectivity index (χ1) is 11.0. The predicted molar refractivity (Wildman–Crippen MR) is 89.9 cm³/mol. The van der Waals surface area contributed by atoms with Crippen LogP contribution in [0.2, 0.25) is 0 Å². The molecular formula is C18H20N2O3. The van der Waals surface area contributed by atoms with Gasteiger partial charge < -0.3 is 9.84 Å². The summed E-state index contributed by atoms with van der Waals surface area (Å²) in [6, 6.07) is 12.3. The van der Waals surface area contributed by atoms with E-state index in [1.807, 2.05) is 32.0 Å². The second-order valence-electron chi connectivity index (χ2n) is 5.31. The fourth-order valence-corrected chi connectivity index (χ4v) is 1.90. The molecule has 0 unspecified atom stereocenters. The highest BCUT2D eigenvalue weighted by molar-refractivity contribution is 5.99. The van der Waals surface area contributed by atoms with Crippen molar-refractivity contribution in [1.29, 1.82) is 0 Å². The van der Waals surface area contributed by atoms with Crippen molar-refractivity contribution in [2.45, 2.75) is 20.8 Å². The van der Waals surface area contributed by atoms with E-state index in [1.165, 1.54) is 5.56 Å². The summed E-state index contributed by atoms with van der Waals surface area (Å²) in [4.78, 5) is 11.8. The van der Waals surface area contributed by atoms with Crippen molar-refractivity contribution in [1.82, 2.24) is 5.43 Å². The highest BCUT2D eigenvalue weighted by atomic mass is 16.5. The van der Waals surface area contributed by atoms with Crippen molar-refractivity contribution in [2.75, 3.05) is 6.61 Å². The molecule has 120 valence electrons.